The molecule has 0 aliphatic rings. The molecule has 142 valence electrons. The number of furan rings is 1. The van der Waals surface area contributed by atoms with Gasteiger partial charge in [0, 0.05) is 16.1 Å². The van der Waals surface area contributed by atoms with E-state index < -0.39 is 16.0 Å². The van der Waals surface area contributed by atoms with Crippen molar-refractivity contribution < 1.29 is 22.4 Å². The predicted octanol–water partition coefficient (Wildman–Crippen LogP) is 4.76. The number of rotatable bonds is 5. The third-order valence-electron chi connectivity index (χ3n) is 3.79. The Morgan fingerprint density at radius 2 is 1.81 bits per heavy atom. The van der Waals surface area contributed by atoms with Gasteiger partial charge in [-0.1, -0.05) is 11.6 Å². The first kappa shape index (κ1) is 19.3. The van der Waals surface area contributed by atoms with E-state index in [4.69, 9.17) is 20.8 Å². The fourth-order valence-corrected chi connectivity index (χ4v) is 3.81. The lowest BCUT2D eigenvalue weighted by Crippen LogP contribution is -2.13. The average molecular weight is 408 g/mol. The van der Waals surface area contributed by atoms with Gasteiger partial charge in [0.05, 0.1) is 11.0 Å². The number of anilines is 1. The van der Waals surface area contributed by atoms with Crippen LogP contribution in [-0.4, -0.2) is 20.5 Å². The molecule has 0 saturated carbocycles. The molecule has 0 atom stereocenters. The molecule has 8 heteroatoms. The summed E-state index contributed by atoms with van der Waals surface area (Å²) in [7, 11) is -3.80. The smallest absolute Gasteiger partial charge is 0.342 e. The van der Waals surface area contributed by atoms with E-state index in [1.807, 2.05) is 0 Å². The lowest BCUT2D eigenvalue weighted by atomic mass is 10.1. The van der Waals surface area contributed by atoms with Crippen molar-refractivity contribution in [2.45, 2.75) is 31.8 Å². The maximum Gasteiger partial charge on any atom is 0.342 e. The van der Waals surface area contributed by atoms with E-state index in [-0.39, 0.29) is 16.6 Å². The Bertz CT molecular complexity index is 1100. The molecule has 1 heterocycles. The molecular weight excluding hydrogens is 390 g/mol. The van der Waals surface area contributed by atoms with Crippen LogP contribution in [0.3, 0.4) is 0 Å². The minimum Gasteiger partial charge on any atom is -0.460 e. The molecule has 3 rings (SSSR count). The molecule has 1 aromatic heterocycles. The summed E-state index contributed by atoms with van der Waals surface area (Å²) < 4.78 is 38.4. The maximum atomic E-state index is 12.5. The highest BCUT2D eigenvalue weighted by Crippen LogP contribution is 2.30. The number of nitrogens with one attached hydrogen (secondary N) is 1. The molecule has 0 aliphatic carbocycles. The van der Waals surface area contributed by atoms with E-state index in [1.165, 1.54) is 24.3 Å². The Balaban J connectivity index is 1.99. The Morgan fingerprint density at radius 3 is 2.44 bits per heavy atom. The number of halogens is 1. The van der Waals surface area contributed by atoms with Crippen molar-refractivity contribution >= 4 is 44.3 Å². The second-order valence-electron chi connectivity index (χ2n) is 6.26. The summed E-state index contributed by atoms with van der Waals surface area (Å²) in [5.41, 5.74) is 1.06. The lowest BCUT2D eigenvalue weighted by Gasteiger charge is -2.09. The van der Waals surface area contributed by atoms with Crippen LogP contribution in [0.5, 0.6) is 0 Å². The van der Waals surface area contributed by atoms with Gasteiger partial charge in [0.1, 0.15) is 16.9 Å². The summed E-state index contributed by atoms with van der Waals surface area (Å²) in [5, 5.41) is 0.923. The standard InChI is InChI=1S/C19H18ClNO5S/c1-11(2)25-19(22)18-12(3)26-17-9-6-14(10-16(17)18)21-27(23,24)15-7-4-13(20)5-8-15/h4-11,21H,1-3H3. The largest absolute Gasteiger partial charge is 0.460 e. The molecule has 2 aromatic carbocycles. The Hall–Kier alpha value is -2.51. The van der Waals surface area contributed by atoms with Gasteiger partial charge in [-0.25, -0.2) is 13.2 Å². The number of hydrogen-bond donors (Lipinski definition) is 1. The molecule has 0 spiro atoms. The summed E-state index contributed by atoms with van der Waals surface area (Å²) >= 11 is 5.80. The normalized spacial score (nSPS) is 11.7. The van der Waals surface area contributed by atoms with Crippen LogP contribution in [-0.2, 0) is 14.8 Å². The molecule has 27 heavy (non-hydrogen) atoms. The molecule has 0 amide bonds. The van der Waals surface area contributed by atoms with Gasteiger partial charge in [0.15, 0.2) is 0 Å². The maximum absolute atomic E-state index is 12.5. The highest BCUT2D eigenvalue weighted by Gasteiger charge is 2.22. The van der Waals surface area contributed by atoms with Gasteiger partial charge in [0.2, 0.25) is 0 Å². The first-order valence-electron chi connectivity index (χ1n) is 8.20. The SMILES string of the molecule is Cc1oc2ccc(NS(=O)(=O)c3ccc(Cl)cc3)cc2c1C(=O)OC(C)C. The zero-order valence-electron chi connectivity index (χ0n) is 14.9. The topological polar surface area (TPSA) is 85.6 Å². The first-order chi connectivity index (χ1) is 12.7. The monoisotopic (exact) mass is 407 g/mol. The third kappa shape index (κ3) is 4.09. The van der Waals surface area contributed by atoms with Gasteiger partial charge in [0.25, 0.3) is 10.0 Å². The number of esters is 1. The number of fused-ring (bicyclic) bond motifs is 1. The Kier molecular flexibility index (Phi) is 5.17. The van der Waals surface area contributed by atoms with Crippen LogP contribution in [0.4, 0.5) is 5.69 Å². The number of benzene rings is 2. The van der Waals surface area contributed by atoms with Crippen molar-refractivity contribution in [2.75, 3.05) is 4.72 Å². The number of ether oxygens (including phenoxy) is 1. The fraction of sp³-hybridized carbons (Fsp3) is 0.211. The van der Waals surface area contributed by atoms with E-state index in [0.717, 1.165) is 0 Å². The second-order valence-corrected chi connectivity index (χ2v) is 8.38. The summed E-state index contributed by atoms with van der Waals surface area (Å²) in [5.74, 6) is -0.104. The van der Waals surface area contributed by atoms with Crippen molar-refractivity contribution in [2.24, 2.45) is 0 Å². The summed E-state index contributed by atoms with van der Waals surface area (Å²) in [4.78, 5) is 12.4. The number of aryl methyl sites for hydroxylation is 1. The molecule has 1 N–H and O–H groups in total. The molecule has 0 saturated heterocycles. The molecule has 0 aliphatic heterocycles. The van der Waals surface area contributed by atoms with Crippen LogP contribution in [0.25, 0.3) is 11.0 Å². The molecular formula is C19H18ClNO5S. The van der Waals surface area contributed by atoms with Crippen LogP contribution >= 0.6 is 11.6 Å². The minimum atomic E-state index is -3.80. The molecule has 0 bridgehead atoms. The van der Waals surface area contributed by atoms with Crippen LogP contribution in [0.15, 0.2) is 51.8 Å². The van der Waals surface area contributed by atoms with Gasteiger partial charge in [-0.15, -0.1) is 0 Å². The van der Waals surface area contributed by atoms with Gasteiger partial charge in [-0.05, 0) is 63.2 Å². The van der Waals surface area contributed by atoms with E-state index >= 15 is 0 Å². The Labute approximate surface area is 162 Å². The third-order valence-corrected chi connectivity index (χ3v) is 5.44. The molecule has 0 fully saturated rings. The van der Waals surface area contributed by atoms with Gasteiger partial charge in [-0.2, -0.15) is 0 Å². The van der Waals surface area contributed by atoms with Gasteiger partial charge < -0.3 is 9.15 Å². The molecule has 0 unspecified atom stereocenters. The van der Waals surface area contributed by atoms with Crippen LogP contribution in [0, 0.1) is 6.92 Å². The van der Waals surface area contributed by atoms with Crippen LogP contribution in [0.1, 0.15) is 30.0 Å². The van der Waals surface area contributed by atoms with Crippen LogP contribution < -0.4 is 4.72 Å². The van der Waals surface area contributed by atoms with Crippen molar-refractivity contribution in [1.82, 2.24) is 0 Å². The molecule has 0 radical (unpaired) electrons. The summed E-state index contributed by atoms with van der Waals surface area (Å²) in [6.07, 6.45) is -0.284. The number of carbonyl (C=O) groups excluding carboxylic acids is 1. The summed E-state index contributed by atoms with van der Waals surface area (Å²) in [6.45, 7) is 5.16. The minimum absolute atomic E-state index is 0.0785. The van der Waals surface area contributed by atoms with E-state index in [2.05, 4.69) is 4.72 Å². The average Bonchev–Trinajstić information content (AvgIpc) is 2.89. The molecule has 3 aromatic rings. The zero-order chi connectivity index (χ0) is 19.8. The van der Waals surface area contributed by atoms with E-state index in [9.17, 15) is 13.2 Å². The Morgan fingerprint density at radius 1 is 1.15 bits per heavy atom. The van der Waals surface area contributed by atoms with Crippen molar-refractivity contribution in [3.05, 3.63) is 58.8 Å². The lowest BCUT2D eigenvalue weighted by molar-refractivity contribution is 0.0378. The highest BCUT2D eigenvalue weighted by molar-refractivity contribution is 7.92. The summed E-state index contributed by atoms with van der Waals surface area (Å²) in [6, 6.07) is 10.5. The quantitative estimate of drug-likeness (QED) is 0.616. The molecule has 6 nitrogen and oxygen atoms in total. The van der Waals surface area contributed by atoms with Crippen LogP contribution in [0.2, 0.25) is 5.02 Å². The van der Waals surface area contributed by atoms with Crippen molar-refractivity contribution in [3.63, 3.8) is 0 Å². The van der Waals surface area contributed by atoms with E-state index in [1.54, 1.807) is 39.0 Å². The van der Waals surface area contributed by atoms with Gasteiger partial charge >= 0.3 is 5.97 Å². The van der Waals surface area contributed by atoms with E-state index in [0.29, 0.717) is 27.4 Å². The van der Waals surface area contributed by atoms with Crippen molar-refractivity contribution in [3.8, 4) is 0 Å². The fourth-order valence-electron chi connectivity index (χ4n) is 2.64. The number of sulfonamides is 1. The van der Waals surface area contributed by atoms with Gasteiger partial charge in [-0.3, -0.25) is 4.72 Å². The second kappa shape index (κ2) is 7.25. The predicted molar refractivity (Wildman–Crippen MR) is 104 cm³/mol. The zero-order valence-corrected chi connectivity index (χ0v) is 16.5. The van der Waals surface area contributed by atoms with Crippen molar-refractivity contribution in [1.29, 1.82) is 0 Å². The number of hydrogen-bond acceptors (Lipinski definition) is 5. The highest BCUT2D eigenvalue weighted by atomic mass is 35.5. The first-order valence-corrected chi connectivity index (χ1v) is 10.1. The number of carbonyl (C=O) groups is 1.